The normalized spacial score (nSPS) is 27.4. The molecule has 2 amide bonds. The van der Waals surface area contributed by atoms with Crippen molar-refractivity contribution in [2.75, 3.05) is 26.3 Å². The van der Waals surface area contributed by atoms with Gasteiger partial charge in [-0.3, -0.25) is 9.59 Å². The number of ether oxygens (including phenoxy) is 1. The molecule has 6 nitrogen and oxygen atoms in total. The highest BCUT2D eigenvalue weighted by molar-refractivity contribution is 5.86. The fourth-order valence-electron chi connectivity index (χ4n) is 3.98. The SMILES string of the molecule is Cl.NC1(C(=O)NC2CCN(C(=O)C3CCCCC3)C2)CCOCC1. The first-order chi connectivity index (χ1) is 11.1. The van der Waals surface area contributed by atoms with E-state index in [0.717, 1.165) is 25.8 Å². The molecule has 0 aromatic heterocycles. The van der Waals surface area contributed by atoms with Crippen LogP contribution in [0.1, 0.15) is 51.4 Å². The molecule has 3 N–H and O–H groups in total. The van der Waals surface area contributed by atoms with Crippen LogP contribution in [0.5, 0.6) is 0 Å². The Morgan fingerprint density at radius 3 is 2.42 bits per heavy atom. The van der Waals surface area contributed by atoms with Crippen LogP contribution in [0.15, 0.2) is 0 Å². The quantitative estimate of drug-likeness (QED) is 0.793. The topological polar surface area (TPSA) is 84.7 Å². The largest absolute Gasteiger partial charge is 0.381 e. The number of hydrogen-bond donors (Lipinski definition) is 2. The molecule has 1 aliphatic carbocycles. The second-order valence-electron chi connectivity index (χ2n) is 7.35. The molecule has 0 aromatic rings. The molecular weight excluding hydrogens is 330 g/mol. The number of carbonyl (C=O) groups excluding carboxylic acids is 2. The van der Waals surface area contributed by atoms with E-state index in [1.807, 2.05) is 4.90 Å². The third-order valence-corrected chi connectivity index (χ3v) is 5.63. The van der Waals surface area contributed by atoms with Crippen molar-refractivity contribution in [3.63, 3.8) is 0 Å². The van der Waals surface area contributed by atoms with Gasteiger partial charge in [0.15, 0.2) is 0 Å². The van der Waals surface area contributed by atoms with E-state index in [-0.39, 0.29) is 36.2 Å². The lowest BCUT2D eigenvalue weighted by molar-refractivity contribution is -0.136. The number of nitrogens with two attached hydrogens (primary N) is 1. The number of amides is 2. The molecular formula is C17H30ClN3O3. The van der Waals surface area contributed by atoms with Crippen molar-refractivity contribution in [2.24, 2.45) is 11.7 Å². The summed E-state index contributed by atoms with van der Waals surface area (Å²) in [5, 5.41) is 3.06. The van der Waals surface area contributed by atoms with Crippen LogP contribution in [0.25, 0.3) is 0 Å². The van der Waals surface area contributed by atoms with E-state index in [1.165, 1.54) is 19.3 Å². The molecule has 3 fully saturated rings. The molecule has 3 rings (SSSR count). The van der Waals surface area contributed by atoms with Crippen LogP contribution >= 0.6 is 12.4 Å². The summed E-state index contributed by atoms with van der Waals surface area (Å²) in [6, 6.07) is 0.0401. The molecule has 0 aromatic carbocycles. The molecule has 2 heterocycles. The molecule has 3 aliphatic rings. The van der Waals surface area contributed by atoms with Gasteiger partial charge in [-0.25, -0.2) is 0 Å². The Kier molecular flexibility index (Phi) is 6.89. The number of rotatable bonds is 3. The maximum Gasteiger partial charge on any atom is 0.240 e. The molecule has 2 aliphatic heterocycles. The van der Waals surface area contributed by atoms with Gasteiger partial charge >= 0.3 is 0 Å². The van der Waals surface area contributed by atoms with Crippen molar-refractivity contribution in [3.05, 3.63) is 0 Å². The first-order valence-corrected chi connectivity index (χ1v) is 9.05. The second kappa shape index (κ2) is 8.50. The maximum absolute atomic E-state index is 12.6. The van der Waals surface area contributed by atoms with Crippen LogP contribution < -0.4 is 11.1 Å². The molecule has 0 bridgehead atoms. The van der Waals surface area contributed by atoms with Crippen LogP contribution in [-0.4, -0.2) is 54.6 Å². The average molecular weight is 360 g/mol. The predicted octanol–water partition coefficient (Wildman–Crippen LogP) is 1.21. The summed E-state index contributed by atoms with van der Waals surface area (Å²) in [5.74, 6) is 0.405. The van der Waals surface area contributed by atoms with E-state index in [2.05, 4.69) is 5.32 Å². The van der Waals surface area contributed by atoms with Gasteiger partial charge in [0.25, 0.3) is 0 Å². The number of nitrogens with one attached hydrogen (secondary N) is 1. The summed E-state index contributed by atoms with van der Waals surface area (Å²) in [7, 11) is 0. The Morgan fingerprint density at radius 1 is 1.08 bits per heavy atom. The fraction of sp³-hybridized carbons (Fsp3) is 0.882. The zero-order valence-electron chi connectivity index (χ0n) is 14.3. The Bertz CT molecular complexity index is 448. The van der Waals surface area contributed by atoms with Gasteiger partial charge < -0.3 is 20.7 Å². The van der Waals surface area contributed by atoms with E-state index >= 15 is 0 Å². The summed E-state index contributed by atoms with van der Waals surface area (Å²) in [4.78, 5) is 27.0. The van der Waals surface area contributed by atoms with Crippen LogP contribution in [0, 0.1) is 5.92 Å². The summed E-state index contributed by atoms with van der Waals surface area (Å²) in [6.07, 6.45) is 7.61. The molecule has 1 unspecified atom stereocenters. The fourth-order valence-corrected chi connectivity index (χ4v) is 3.98. The Morgan fingerprint density at radius 2 is 1.75 bits per heavy atom. The van der Waals surface area contributed by atoms with Crippen molar-refractivity contribution in [2.45, 2.75) is 62.9 Å². The van der Waals surface area contributed by atoms with Gasteiger partial charge in [0, 0.05) is 38.3 Å². The highest BCUT2D eigenvalue weighted by Gasteiger charge is 2.38. The Balaban J connectivity index is 0.00000208. The van der Waals surface area contributed by atoms with Gasteiger partial charge in [-0.2, -0.15) is 0 Å². The van der Waals surface area contributed by atoms with Crippen molar-refractivity contribution < 1.29 is 14.3 Å². The molecule has 7 heteroatoms. The lowest BCUT2D eigenvalue weighted by atomic mass is 9.88. The van der Waals surface area contributed by atoms with Crippen molar-refractivity contribution in [1.29, 1.82) is 0 Å². The van der Waals surface area contributed by atoms with Crippen LogP contribution in [-0.2, 0) is 14.3 Å². The highest BCUT2D eigenvalue weighted by atomic mass is 35.5. The van der Waals surface area contributed by atoms with Crippen LogP contribution in [0.4, 0.5) is 0 Å². The second-order valence-corrected chi connectivity index (χ2v) is 7.35. The maximum atomic E-state index is 12.6. The molecule has 0 spiro atoms. The minimum atomic E-state index is -0.806. The van der Waals surface area contributed by atoms with Gasteiger partial charge in [-0.1, -0.05) is 19.3 Å². The van der Waals surface area contributed by atoms with Crippen molar-refractivity contribution in [1.82, 2.24) is 10.2 Å². The predicted molar refractivity (Wildman–Crippen MR) is 93.9 cm³/mol. The summed E-state index contributed by atoms with van der Waals surface area (Å²) >= 11 is 0. The molecule has 1 saturated carbocycles. The minimum absolute atomic E-state index is 0. The van der Waals surface area contributed by atoms with E-state index < -0.39 is 5.54 Å². The summed E-state index contributed by atoms with van der Waals surface area (Å²) < 4.78 is 5.29. The minimum Gasteiger partial charge on any atom is -0.381 e. The summed E-state index contributed by atoms with van der Waals surface area (Å²) in [6.45, 7) is 2.47. The van der Waals surface area contributed by atoms with E-state index in [4.69, 9.17) is 10.5 Å². The summed E-state index contributed by atoms with van der Waals surface area (Å²) in [5.41, 5.74) is 5.41. The molecule has 0 radical (unpaired) electrons. The molecule has 24 heavy (non-hydrogen) atoms. The highest BCUT2D eigenvalue weighted by Crippen LogP contribution is 2.27. The zero-order valence-corrected chi connectivity index (χ0v) is 15.1. The van der Waals surface area contributed by atoms with Gasteiger partial charge in [-0.05, 0) is 32.1 Å². The van der Waals surface area contributed by atoms with Gasteiger partial charge in [-0.15, -0.1) is 12.4 Å². The first kappa shape index (κ1) is 19.5. The Labute approximate surface area is 150 Å². The van der Waals surface area contributed by atoms with Crippen molar-refractivity contribution >= 4 is 24.2 Å². The lowest BCUT2D eigenvalue weighted by Gasteiger charge is -2.33. The average Bonchev–Trinajstić information content (AvgIpc) is 3.04. The Hall–Kier alpha value is -0.850. The number of hydrogen-bond acceptors (Lipinski definition) is 4. The number of nitrogens with zero attached hydrogens (tertiary/aromatic N) is 1. The zero-order chi connectivity index (χ0) is 16.3. The third kappa shape index (κ3) is 4.41. The standard InChI is InChI=1S/C17H29N3O3.ClH/c18-17(7-10-23-11-8-17)16(22)19-14-6-9-20(12-14)15(21)13-4-2-1-3-5-13;/h13-14H,1-12,18H2,(H,19,22);1H. The van der Waals surface area contributed by atoms with Crippen LogP contribution in [0.3, 0.4) is 0 Å². The van der Waals surface area contributed by atoms with E-state index in [9.17, 15) is 9.59 Å². The first-order valence-electron chi connectivity index (χ1n) is 9.05. The van der Waals surface area contributed by atoms with E-state index in [1.54, 1.807) is 0 Å². The smallest absolute Gasteiger partial charge is 0.240 e. The molecule has 2 saturated heterocycles. The molecule has 138 valence electrons. The van der Waals surface area contributed by atoms with Crippen LogP contribution in [0.2, 0.25) is 0 Å². The third-order valence-electron chi connectivity index (χ3n) is 5.63. The lowest BCUT2D eigenvalue weighted by Crippen LogP contribution is -2.59. The van der Waals surface area contributed by atoms with Gasteiger partial charge in [0.1, 0.15) is 0 Å². The number of halogens is 1. The molecule has 1 atom stereocenters. The van der Waals surface area contributed by atoms with Gasteiger partial charge in [0.05, 0.1) is 5.54 Å². The monoisotopic (exact) mass is 359 g/mol. The number of likely N-dealkylation sites (tertiary alicyclic amines) is 1. The van der Waals surface area contributed by atoms with Crippen molar-refractivity contribution in [3.8, 4) is 0 Å². The van der Waals surface area contributed by atoms with E-state index in [0.29, 0.717) is 32.6 Å². The van der Waals surface area contributed by atoms with Gasteiger partial charge in [0.2, 0.25) is 11.8 Å². The number of carbonyl (C=O) groups is 2.